The van der Waals surface area contributed by atoms with Crippen LogP contribution in [0.4, 0.5) is 10.5 Å². The number of hydrogen-bond donors (Lipinski definition) is 2. The number of nitrogens with zero attached hydrogens (tertiary/aromatic N) is 1. The van der Waals surface area contributed by atoms with Crippen molar-refractivity contribution in [3.8, 4) is 11.3 Å². The number of halogens is 1. The number of carbonyl (C=O) groups excluding carboxylic acids is 1. The van der Waals surface area contributed by atoms with E-state index in [1.165, 1.54) is 0 Å². The minimum Gasteiger partial charge on any atom is -0.444 e. The highest BCUT2D eigenvalue weighted by Gasteiger charge is 2.20. The monoisotopic (exact) mass is 373 g/mol. The number of benzene rings is 1. The molecule has 1 aromatic heterocycles. The van der Waals surface area contributed by atoms with Crippen LogP contribution in [0.3, 0.4) is 0 Å². The molecule has 0 aliphatic rings. The minimum atomic E-state index is -0.563. The molecule has 0 aliphatic carbocycles. The molecule has 0 saturated carbocycles. The molecule has 0 unspecified atom stereocenters. The molecular weight excluding hydrogens is 350 g/mol. The number of aromatic nitrogens is 1. The summed E-state index contributed by atoms with van der Waals surface area (Å²) in [5, 5.41) is 3.37. The van der Waals surface area contributed by atoms with Crippen molar-refractivity contribution in [2.75, 3.05) is 5.73 Å². The molecule has 1 amide bonds. The van der Waals surface area contributed by atoms with Gasteiger partial charge in [0, 0.05) is 11.8 Å². The normalized spacial score (nSPS) is 12.3. The summed E-state index contributed by atoms with van der Waals surface area (Å²) in [7, 11) is 0. The summed E-state index contributed by atoms with van der Waals surface area (Å²) in [6.07, 6.45) is 3.40. The predicted molar refractivity (Wildman–Crippen MR) is 106 cm³/mol. The Bertz CT molecular complexity index is 800. The van der Waals surface area contributed by atoms with Gasteiger partial charge in [0.15, 0.2) is 0 Å². The number of hydrogen-bond acceptors (Lipinski definition) is 4. The van der Waals surface area contributed by atoms with E-state index in [2.05, 4.69) is 16.9 Å². The molecular formula is C20H24ClN3O2. The highest BCUT2D eigenvalue weighted by Crippen LogP contribution is 2.29. The Kier molecular flexibility index (Phi) is 6.27. The standard InChI is InChI=1S/C20H24ClN3O2/c1-5-7-17(24-19(25)26-20(2,3)4)13-8-6-9-14(10-13)18-16(22)11-15(21)12-23-18/h5-6,8-12,17H,1,7,22H2,2-4H3,(H,24,25)/t17-/m0/s1. The summed E-state index contributed by atoms with van der Waals surface area (Å²) in [4.78, 5) is 16.5. The van der Waals surface area contributed by atoms with Crippen LogP contribution in [0.25, 0.3) is 11.3 Å². The van der Waals surface area contributed by atoms with Gasteiger partial charge in [0.25, 0.3) is 0 Å². The number of amides is 1. The molecule has 1 heterocycles. The van der Waals surface area contributed by atoms with Crippen molar-refractivity contribution in [1.82, 2.24) is 10.3 Å². The van der Waals surface area contributed by atoms with Crippen molar-refractivity contribution in [1.29, 1.82) is 0 Å². The molecule has 2 aromatic rings. The van der Waals surface area contributed by atoms with Gasteiger partial charge in [-0.3, -0.25) is 4.98 Å². The van der Waals surface area contributed by atoms with Gasteiger partial charge in [-0.1, -0.05) is 35.9 Å². The molecule has 6 heteroatoms. The fourth-order valence-electron chi connectivity index (χ4n) is 2.49. The van der Waals surface area contributed by atoms with Gasteiger partial charge in [0.2, 0.25) is 0 Å². The van der Waals surface area contributed by atoms with Crippen LogP contribution >= 0.6 is 11.6 Å². The number of alkyl carbamates (subject to hydrolysis) is 1. The van der Waals surface area contributed by atoms with Gasteiger partial charge >= 0.3 is 6.09 Å². The summed E-state index contributed by atoms with van der Waals surface area (Å²) in [5.41, 5.74) is 8.36. The lowest BCUT2D eigenvalue weighted by Crippen LogP contribution is -2.34. The van der Waals surface area contributed by atoms with Crippen molar-refractivity contribution in [2.24, 2.45) is 0 Å². The Hall–Kier alpha value is -2.53. The lowest BCUT2D eigenvalue weighted by molar-refractivity contribution is 0.0504. The van der Waals surface area contributed by atoms with Crippen molar-refractivity contribution < 1.29 is 9.53 Å². The molecule has 26 heavy (non-hydrogen) atoms. The van der Waals surface area contributed by atoms with Crippen molar-refractivity contribution in [3.05, 3.63) is 59.8 Å². The quantitative estimate of drug-likeness (QED) is 0.712. The molecule has 0 bridgehead atoms. The molecule has 1 aromatic carbocycles. The van der Waals surface area contributed by atoms with Crippen LogP contribution in [0, 0.1) is 0 Å². The van der Waals surface area contributed by atoms with Crippen LogP contribution in [0.15, 0.2) is 49.2 Å². The lowest BCUT2D eigenvalue weighted by atomic mass is 9.99. The van der Waals surface area contributed by atoms with Crippen LogP contribution in [0.1, 0.15) is 38.8 Å². The van der Waals surface area contributed by atoms with E-state index in [-0.39, 0.29) is 6.04 Å². The first-order chi connectivity index (χ1) is 12.2. The summed E-state index contributed by atoms with van der Waals surface area (Å²) in [6.45, 7) is 9.25. The zero-order valence-electron chi connectivity index (χ0n) is 15.3. The summed E-state index contributed by atoms with van der Waals surface area (Å²) < 4.78 is 5.35. The summed E-state index contributed by atoms with van der Waals surface area (Å²) in [5.74, 6) is 0. The number of pyridine rings is 1. The number of rotatable bonds is 5. The molecule has 2 rings (SSSR count). The highest BCUT2D eigenvalue weighted by atomic mass is 35.5. The van der Waals surface area contributed by atoms with Gasteiger partial charge in [0.05, 0.1) is 22.4 Å². The van der Waals surface area contributed by atoms with E-state index in [1.807, 2.05) is 45.0 Å². The van der Waals surface area contributed by atoms with Crippen LogP contribution in [0.5, 0.6) is 0 Å². The average molecular weight is 374 g/mol. The van der Waals surface area contributed by atoms with E-state index in [0.29, 0.717) is 22.8 Å². The predicted octanol–water partition coefficient (Wildman–Crippen LogP) is 5.13. The third-order valence-corrected chi connectivity index (χ3v) is 3.75. The zero-order valence-corrected chi connectivity index (χ0v) is 16.0. The molecule has 0 saturated heterocycles. The second-order valence-electron chi connectivity index (χ2n) is 6.94. The first-order valence-corrected chi connectivity index (χ1v) is 8.69. The maximum absolute atomic E-state index is 12.1. The Labute approximate surface area is 159 Å². The van der Waals surface area contributed by atoms with E-state index >= 15 is 0 Å². The molecule has 0 spiro atoms. The van der Waals surface area contributed by atoms with Gasteiger partial charge in [-0.2, -0.15) is 0 Å². The lowest BCUT2D eigenvalue weighted by Gasteiger charge is -2.23. The molecule has 0 radical (unpaired) electrons. The SMILES string of the molecule is C=CC[C@H](NC(=O)OC(C)(C)C)c1cccc(-c2ncc(Cl)cc2N)c1. The first-order valence-electron chi connectivity index (χ1n) is 8.31. The van der Waals surface area contributed by atoms with E-state index in [0.717, 1.165) is 11.1 Å². The number of anilines is 1. The van der Waals surface area contributed by atoms with E-state index in [1.54, 1.807) is 18.3 Å². The molecule has 0 fully saturated rings. The molecule has 138 valence electrons. The Balaban J connectivity index is 2.29. The third kappa shape index (κ3) is 5.49. The number of nitrogens with two attached hydrogens (primary N) is 1. The fourth-order valence-corrected chi connectivity index (χ4v) is 2.66. The number of carbonyl (C=O) groups is 1. The minimum absolute atomic E-state index is 0.268. The fraction of sp³-hybridized carbons (Fsp3) is 0.300. The van der Waals surface area contributed by atoms with Gasteiger partial charge in [-0.15, -0.1) is 6.58 Å². The van der Waals surface area contributed by atoms with Crippen LogP contribution < -0.4 is 11.1 Å². The second kappa shape index (κ2) is 8.23. The van der Waals surface area contributed by atoms with Crippen LogP contribution in [-0.2, 0) is 4.74 Å². The highest BCUT2D eigenvalue weighted by molar-refractivity contribution is 6.30. The van der Waals surface area contributed by atoms with Crippen molar-refractivity contribution in [2.45, 2.75) is 38.8 Å². The zero-order chi connectivity index (χ0) is 19.3. The van der Waals surface area contributed by atoms with Gasteiger partial charge in [0.1, 0.15) is 5.60 Å². The maximum atomic E-state index is 12.1. The average Bonchev–Trinajstić information content (AvgIpc) is 2.53. The number of nitrogen functional groups attached to an aromatic ring is 1. The van der Waals surface area contributed by atoms with Crippen LogP contribution in [0.2, 0.25) is 5.02 Å². The smallest absolute Gasteiger partial charge is 0.408 e. The Morgan fingerprint density at radius 3 is 2.77 bits per heavy atom. The molecule has 1 atom stereocenters. The molecule has 5 nitrogen and oxygen atoms in total. The van der Waals surface area contributed by atoms with E-state index in [9.17, 15) is 4.79 Å². The second-order valence-corrected chi connectivity index (χ2v) is 7.38. The number of nitrogens with one attached hydrogen (secondary N) is 1. The largest absolute Gasteiger partial charge is 0.444 e. The number of ether oxygens (including phenoxy) is 1. The maximum Gasteiger partial charge on any atom is 0.408 e. The van der Waals surface area contributed by atoms with Crippen molar-refractivity contribution in [3.63, 3.8) is 0 Å². The third-order valence-electron chi connectivity index (χ3n) is 3.54. The first kappa shape index (κ1) is 19.8. The Morgan fingerprint density at radius 2 is 2.15 bits per heavy atom. The summed E-state index contributed by atoms with van der Waals surface area (Å²) in [6, 6.07) is 9.08. The van der Waals surface area contributed by atoms with Gasteiger partial charge in [-0.25, -0.2) is 4.79 Å². The Morgan fingerprint density at radius 1 is 1.42 bits per heavy atom. The van der Waals surface area contributed by atoms with E-state index in [4.69, 9.17) is 22.1 Å². The topological polar surface area (TPSA) is 77.2 Å². The van der Waals surface area contributed by atoms with Crippen molar-refractivity contribution >= 4 is 23.4 Å². The van der Waals surface area contributed by atoms with E-state index < -0.39 is 11.7 Å². The van der Waals surface area contributed by atoms with Crippen LogP contribution in [-0.4, -0.2) is 16.7 Å². The van der Waals surface area contributed by atoms with Gasteiger partial charge in [-0.05, 0) is 44.9 Å². The summed E-state index contributed by atoms with van der Waals surface area (Å²) >= 11 is 5.92. The molecule has 0 aliphatic heterocycles. The molecule has 3 N–H and O–H groups in total. The van der Waals surface area contributed by atoms with Gasteiger partial charge < -0.3 is 15.8 Å².